The minimum absolute atomic E-state index is 0.140. The molecule has 0 aliphatic carbocycles. The molecule has 84 valence electrons. The van der Waals surface area contributed by atoms with Crippen LogP contribution in [0, 0.1) is 0 Å². The molecule has 0 heterocycles. The highest BCUT2D eigenvalue weighted by Gasteiger charge is 2.12. The van der Waals surface area contributed by atoms with E-state index in [9.17, 15) is 8.42 Å². The molecular formula is C11H16O3S. The zero-order valence-corrected chi connectivity index (χ0v) is 9.83. The summed E-state index contributed by atoms with van der Waals surface area (Å²) < 4.78 is 26.5. The second-order valence-electron chi connectivity index (χ2n) is 3.50. The van der Waals surface area contributed by atoms with Crippen LogP contribution in [0.25, 0.3) is 0 Å². The zero-order valence-electron chi connectivity index (χ0n) is 9.01. The molecule has 0 fully saturated rings. The predicted molar refractivity (Wildman–Crippen MR) is 60.3 cm³/mol. The zero-order chi connectivity index (χ0) is 11.3. The van der Waals surface area contributed by atoms with Crippen molar-refractivity contribution in [2.45, 2.75) is 19.3 Å². The normalized spacial score (nSPS) is 13.7. The van der Waals surface area contributed by atoms with E-state index in [4.69, 9.17) is 4.18 Å². The summed E-state index contributed by atoms with van der Waals surface area (Å²) in [5, 5.41) is 0. The van der Waals surface area contributed by atoms with Gasteiger partial charge in [0.2, 0.25) is 0 Å². The maximum Gasteiger partial charge on any atom is 0.264 e. The van der Waals surface area contributed by atoms with Crippen molar-refractivity contribution in [3.63, 3.8) is 0 Å². The highest BCUT2D eigenvalue weighted by molar-refractivity contribution is 7.85. The monoisotopic (exact) mass is 228 g/mol. The van der Waals surface area contributed by atoms with Gasteiger partial charge in [-0.15, -0.1) is 0 Å². The molecule has 1 atom stereocenters. The van der Waals surface area contributed by atoms with Crippen molar-refractivity contribution in [1.82, 2.24) is 0 Å². The fraction of sp³-hybridized carbons (Fsp3) is 0.455. The van der Waals surface area contributed by atoms with Crippen LogP contribution in [0.15, 0.2) is 30.3 Å². The topological polar surface area (TPSA) is 43.4 Å². The van der Waals surface area contributed by atoms with Crippen molar-refractivity contribution in [2.75, 3.05) is 12.9 Å². The molecule has 0 unspecified atom stereocenters. The van der Waals surface area contributed by atoms with Gasteiger partial charge in [0, 0.05) is 5.92 Å². The molecule has 0 aliphatic heterocycles. The van der Waals surface area contributed by atoms with E-state index < -0.39 is 10.1 Å². The molecule has 1 aromatic carbocycles. The molecule has 0 spiro atoms. The van der Waals surface area contributed by atoms with Crippen LogP contribution in [0.3, 0.4) is 0 Å². The van der Waals surface area contributed by atoms with Gasteiger partial charge in [-0.3, -0.25) is 4.18 Å². The third-order valence-electron chi connectivity index (χ3n) is 2.25. The fourth-order valence-corrected chi connectivity index (χ4v) is 1.79. The van der Waals surface area contributed by atoms with Crippen molar-refractivity contribution >= 4 is 10.1 Å². The minimum atomic E-state index is -3.34. The van der Waals surface area contributed by atoms with Crippen LogP contribution in [-0.4, -0.2) is 21.3 Å². The maximum absolute atomic E-state index is 10.9. The van der Waals surface area contributed by atoms with E-state index in [1.165, 1.54) is 0 Å². The van der Waals surface area contributed by atoms with Gasteiger partial charge < -0.3 is 0 Å². The summed E-state index contributed by atoms with van der Waals surface area (Å²) in [5.74, 6) is 0.140. The number of hydrogen-bond donors (Lipinski definition) is 0. The van der Waals surface area contributed by atoms with E-state index >= 15 is 0 Å². The van der Waals surface area contributed by atoms with Gasteiger partial charge in [-0.25, -0.2) is 0 Å². The summed E-state index contributed by atoms with van der Waals surface area (Å²) in [6.07, 6.45) is 1.93. The third-order valence-corrected chi connectivity index (χ3v) is 2.81. The van der Waals surface area contributed by atoms with Crippen molar-refractivity contribution < 1.29 is 12.6 Å². The summed E-state index contributed by atoms with van der Waals surface area (Å²) in [5.41, 5.74) is 1.11. The van der Waals surface area contributed by atoms with Gasteiger partial charge in [-0.2, -0.15) is 8.42 Å². The second-order valence-corrected chi connectivity index (χ2v) is 5.15. The van der Waals surface area contributed by atoms with Crippen LogP contribution < -0.4 is 0 Å². The van der Waals surface area contributed by atoms with Crippen LogP contribution in [0.4, 0.5) is 0 Å². The average Bonchev–Trinajstić information content (AvgIpc) is 2.19. The molecular weight excluding hydrogens is 212 g/mol. The first-order chi connectivity index (χ1) is 7.03. The Labute approximate surface area is 91.2 Å². The largest absolute Gasteiger partial charge is 0.270 e. The molecule has 0 aliphatic rings. The molecule has 0 bridgehead atoms. The summed E-state index contributed by atoms with van der Waals surface area (Å²) in [6, 6.07) is 9.80. The Bertz CT molecular complexity index is 384. The van der Waals surface area contributed by atoms with Gasteiger partial charge in [-0.05, 0) is 12.0 Å². The Kier molecular flexibility index (Phi) is 4.29. The van der Waals surface area contributed by atoms with E-state index in [1.807, 2.05) is 37.3 Å². The van der Waals surface area contributed by atoms with Crippen LogP contribution in [0.5, 0.6) is 0 Å². The van der Waals surface area contributed by atoms with E-state index in [2.05, 4.69) is 0 Å². The highest BCUT2D eigenvalue weighted by atomic mass is 32.2. The molecule has 4 heteroatoms. The van der Waals surface area contributed by atoms with Gasteiger partial charge in [-0.1, -0.05) is 37.3 Å². The van der Waals surface area contributed by atoms with E-state index in [0.29, 0.717) is 0 Å². The fourth-order valence-electron chi connectivity index (χ4n) is 1.38. The average molecular weight is 228 g/mol. The van der Waals surface area contributed by atoms with E-state index in [0.717, 1.165) is 18.2 Å². The van der Waals surface area contributed by atoms with Gasteiger partial charge in [0.05, 0.1) is 12.9 Å². The van der Waals surface area contributed by atoms with E-state index in [1.54, 1.807) is 0 Å². The van der Waals surface area contributed by atoms with Crippen LogP contribution in [0.1, 0.15) is 24.8 Å². The Hall–Kier alpha value is -0.870. The summed E-state index contributed by atoms with van der Waals surface area (Å²) in [4.78, 5) is 0. The van der Waals surface area contributed by atoms with Crippen LogP contribution in [0.2, 0.25) is 0 Å². The molecule has 0 N–H and O–H groups in total. The van der Waals surface area contributed by atoms with E-state index in [-0.39, 0.29) is 12.5 Å². The van der Waals surface area contributed by atoms with Crippen molar-refractivity contribution in [1.29, 1.82) is 0 Å². The Morgan fingerprint density at radius 1 is 1.27 bits per heavy atom. The summed E-state index contributed by atoms with van der Waals surface area (Å²) in [6.45, 7) is 2.24. The molecule has 1 aromatic rings. The lowest BCUT2D eigenvalue weighted by Crippen LogP contribution is -2.11. The number of rotatable bonds is 5. The smallest absolute Gasteiger partial charge is 0.264 e. The Balaban J connectivity index is 2.66. The Morgan fingerprint density at radius 3 is 2.33 bits per heavy atom. The Morgan fingerprint density at radius 2 is 1.87 bits per heavy atom. The molecule has 15 heavy (non-hydrogen) atoms. The van der Waals surface area contributed by atoms with Crippen LogP contribution in [-0.2, 0) is 14.3 Å². The molecule has 0 aromatic heterocycles. The van der Waals surface area contributed by atoms with Gasteiger partial charge in [0.25, 0.3) is 10.1 Å². The number of hydrogen-bond acceptors (Lipinski definition) is 3. The van der Waals surface area contributed by atoms with Gasteiger partial charge in [0.1, 0.15) is 0 Å². The quantitative estimate of drug-likeness (QED) is 0.725. The molecule has 0 radical (unpaired) electrons. The lowest BCUT2D eigenvalue weighted by Gasteiger charge is -2.14. The second kappa shape index (κ2) is 5.28. The maximum atomic E-state index is 10.9. The summed E-state index contributed by atoms with van der Waals surface area (Å²) >= 11 is 0. The molecule has 1 rings (SSSR count). The van der Waals surface area contributed by atoms with Crippen molar-refractivity contribution in [2.24, 2.45) is 0 Å². The lowest BCUT2D eigenvalue weighted by molar-refractivity contribution is 0.291. The van der Waals surface area contributed by atoms with Crippen LogP contribution >= 0.6 is 0 Å². The first kappa shape index (κ1) is 12.2. The standard InChI is InChI=1S/C11H16O3S/c1-3-10(9-14-15(2,12)13)11-7-5-4-6-8-11/h4-8,10H,3,9H2,1-2H3/t10-/m1/s1. The third kappa shape index (κ3) is 4.44. The van der Waals surface area contributed by atoms with Crippen molar-refractivity contribution in [3.05, 3.63) is 35.9 Å². The minimum Gasteiger partial charge on any atom is -0.270 e. The van der Waals surface area contributed by atoms with Crippen molar-refractivity contribution in [3.8, 4) is 0 Å². The SMILES string of the molecule is CC[C@H](COS(C)(=O)=O)c1ccccc1. The lowest BCUT2D eigenvalue weighted by atomic mass is 9.98. The van der Waals surface area contributed by atoms with Gasteiger partial charge >= 0.3 is 0 Å². The number of benzene rings is 1. The first-order valence-electron chi connectivity index (χ1n) is 4.92. The molecule has 3 nitrogen and oxygen atoms in total. The molecule has 0 saturated heterocycles. The summed E-state index contributed by atoms with van der Waals surface area (Å²) in [7, 11) is -3.34. The van der Waals surface area contributed by atoms with Gasteiger partial charge in [0.15, 0.2) is 0 Å². The molecule has 0 saturated carbocycles. The molecule has 0 amide bonds. The first-order valence-corrected chi connectivity index (χ1v) is 6.74. The predicted octanol–water partition coefficient (Wildman–Crippen LogP) is 2.16. The highest BCUT2D eigenvalue weighted by Crippen LogP contribution is 2.19.